The van der Waals surface area contributed by atoms with E-state index in [0.29, 0.717) is 5.96 Å². The highest BCUT2D eigenvalue weighted by atomic mass is 15.2. The van der Waals surface area contributed by atoms with Crippen LogP contribution in [0.2, 0.25) is 0 Å². The highest BCUT2D eigenvalue weighted by Crippen LogP contribution is 2.07. The van der Waals surface area contributed by atoms with Crippen LogP contribution in [0.4, 0.5) is 0 Å². The van der Waals surface area contributed by atoms with E-state index in [1.165, 1.54) is 0 Å². The van der Waals surface area contributed by atoms with Gasteiger partial charge in [-0.3, -0.25) is 4.57 Å². The first-order valence-corrected chi connectivity index (χ1v) is 4.98. The molecule has 2 heterocycles. The van der Waals surface area contributed by atoms with Crippen LogP contribution >= 0.6 is 0 Å². The van der Waals surface area contributed by atoms with Gasteiger partial charge in [-0.15, -0.1) is 0 Å². The zero-order chi connectivity index (χ0) is 10.7. The van der Waals surface area contributed by atoms with Gasteiger partial charge in [0.15, 0.2) is 0 Å². The lowest BCUT2D eigenvalue weighted by Gasteiger charge is -2.03. The molecule has 0 saturated heterocycles. The standard InChI is InChI=1S/C11H14N4/c1-9-8-15-10(14-9)6-4-2-3-5-7-13-11(15)12/h4-8H,2-3H2,1H3,(H2,12,13)/b6-4+,7-5+. The van der Waals surface area contributed by atoms with E-state index in [-0.39, 0.29) is 0 Å². The van der Waals surface area contributed by atoms with Crippen LogP contribution in [0, 0.1) is 6.92 Å². The number of nitrogens with two attached hydrogens (primary N) is 1. The molecule has 0 aliphatic carbocycles. The van der Waals surface area contributed by atoms with Gasteiger partial charge in [0.2, 0.25) is 5.96 Å². The van der Waals surface area contributed by atoms with Crippen molar-refractivity contribution in [3.05, 3.63) is 36.1 Å². The summed E-state index contributed by atoms with van der Waals surface area (Å²) < 4.78 is 1.79. The number of hydrogen-bond acceptors (Lipinski definition) is 3. The largest absolute Gasteiger partial charge is 0.369 e. The van der Waals surface area contributed by atoms with Crippen molar-refractivity contribution in [1.29, 1.82) is 0 Å². The second-order valence-electron chi connectivity index (χ2n) is 3.46. The molecule has 1 aliphatic heterocycles. The number of rotatable bonds is 0. The number of hydrogen-bond donors (Lipinski definition) is 1. The maximum Gasteiger partial charge on any atom is 0.205 e. The molecule has 0 spiro atoms. The average molecular weight is 202 g/mol. The fourth-order valence-electron chi connectivity index (χ4n) is 1.46. The zero-order valence-electron chi connectivity index (χ0n) is 8.72. The second kappa shape index (κ2) is 4.13. The normalized spacial score (nSPS) is 20.2. The number of aryl methyl sites for hydroxylation is 1. The number of imidazole rings is 1. The van der Waals surface area contributed by atoms with Gasteiger partial charge >= 0.3 is 0 Å². The number of aromatic nitrogens is 2. The van der Waals surface area contributed by atoms with Crippen LogP contribution in [0.3, 0.4) is 0 Å². The predicted molar refractivity (Wildman–Crippen MR) is 61.4 cm³/mol. The molecule has 1 aliphatic rings. The van der Waals surface area contributed by atoms with E-state index < -0.39 is 0 Å². The first-order valence-electron chi connectivity index (χ1n) is 4.98. The van der Waals surface area contributed by atoms with E-state index in [9.17, 15) is 0 Å². The molecule has 4 nitrogen and oxygen atoms in total. The summed E-state index contributed by atoms with van der Waals surface area (Å²) in [7, 11) is 0. The number of aliphatic imine (C=N–C) groups is 1. The lowest BCUT2D eigenvalue weighted by atomic mass is 10.3. The van der Waals surface area contributed by atoms with Gasteiger partial charge in [0.25, 0.3) is 0 Å². The summed E-state index contributed by atoms with van der Waals surface area (Å²) in [4.78, 5) is 8.51. The zero-order valence-corrected chi connectivity index (χ0v) is 8.72. The topological polar surface area (TPSA) is 56.2 Å². The molecule has 2 rings (SSSR count). The van der Waals surface area contributed by atoms with Gasteiger partial charge in [0, 0.05) is 12.4 Å². The summed E-state index contributed by atoms with van der Waals surface area (Å²) in [6.45, 7) is 1.94. The third-order valence-electron chi connectivity index (χ3n) is 2.18. The van der Waals surface area contributed by atoms with Crippen LogP contribution in [0.1, 0.15) is 24.4 Å². The Morgan fingerprint density at radius 1 is 1.33 bits per heavy atom. The minimum Gasteiger partial charge on any atom is -0.369 e. The third kappa shape index (κ3) is 2.15. The minimum absolute atomic E-state index is 0.452. The maximum absolute atomic E-state index is 5.84. The van der Waals surface area contributed by atoms with Crippen LogP contribution in [-0.2, 0) is 0 Å². The molecule has 0 aromatic carbocycles. The van der Waals surface area contributed by atoms with E-state index in [1.807, 2.05) is 25.3 Å². The Hall–Kier alpha value is -1.84. The van der Waals surface area contributed by atoms with Crippen molar-refractivity contribution in [2.45, 2.75) is 19.8 Å². The Morgan fingerprint density at radius 3 is 3.00 bits per heavy atom. The van der Waals surface area contributed by atoms with Crippen molar-refractivity contribution >= 4 is 12.0 Å². The van der Waals surface area contributed by atoms with Crippen LogP contribution in [0.25, 0.3) is 6.08 Å². The molecular formula is C11H14N4. The van der Waals surface area contributed by atoms with Gasteiger partial charge in [-0.1, -0.05) is 12.2 Å². The minimum atomic E-state index is 0.452. The molecule has 78 valence electrons. The highest BCUT2D eigenvalue weighted by Gasteiger charge is 2.05. The fraction of sp³-hybridized carbons (Fsp3) is 0.273. The molecule has 15 heavy (non-hydrogen) atoms. The van der Waals surface area contributed by atoms with Gasteiger partial charge in [-0.25, -0.2) is 9.98 Å². The van der Waals surface area contributed by atoms with E-state index in [0.717, 1.165) is 24.4 Å². The molecule has 4 heteroatoms. The Balaban J connectivity index is 2.48. The van der Waals surface area contributed by atoms with Crippen molar-refractivity contribution in [3.8, 4) is 0 Å². The van der Waals surface area contributed by atoms with E-state index >= 15 is 0 Å². The van der Waals surface area contributed by atoms with Crippen molar-refractivity contribution in [2.24, 2.45) is 10.7 Å². The smallest absolute Gasteiger partial charge is 0.205 e. The van der Waals surface area contributed by atoms with Gasteiger partial charge < -0.3 is 5.73 Å². The lowest BCUT2D eigenvalue weighted by Crippen LogP contribution is -2.22. The molecule has 1 aromatic rings. The average Bonchev–Trinajstić information content (AvgIpc) is 2.58. The summed E-state index contributed by atoms with van der Waals surface area (Å²) >= 11 is 0. The van der Waals surface area contributed by atoms with Crippen molar-refractivity contribution in [2.75, 3.05) is 0 Å². The molecule has 0 saturated carbocycles. The van der Waals surface area contributed by atoms with Crippen LogP contribution in [0.15, 0.2) is 29.5 Å². The van der Waals surface area contributed by atoms with E-state index in [2.05, 4.69) is 16.1 Å². The first kappa shape index (κ1) is 9.71. The highest BCUT2D eigenvalue weighted by molar-refractivity contribution is 5.83. The van der Waals surface area contributed by atoms with Crippen molar-refractivity contribution < 1.29 is 0 Å². The van der Waals surface area contributed by atoms with Crippen molar-refractivity contribution in [1.82, 2.24) is 9.55 Å². The quantitative estimate of drug-likeness (QED) is 0.695. The van der Waals surface area contributed by atoms with Crippen LogP contribution < -0.4 is 5.73 Å². The molecule has 0 amide bonds. The molecule has 0 unspecified atom stereocenters. The summed E-state index contributed by atoms with van der Waals surface area (Å²) in [5.74, 6) is 1.29. The molecule has 0 fully saturated rings. The van der Waals surface area contributed by atoms with Crippen LogP contribution in [0.5, 0.6) is 0 Å². The predicted octanol–water partition coefficient (Wildman–Crippen LogP) is 1.68. The number of nitrogens with zero attached hydrogens (tertiary/aromatic N) is 3. The summed E-state index contributed by atoms with van der Waals surface area (Å²) in [5, 5.41) is 0. The van der Waals surface area contributed by atoms with Gasteiger partial charge in [-0.05, 0) is 25.8 Å². The Morgan fingerprint density at radius 2 is 2.13 bits per heavy atom. The second-order valence-corrected chi connectivity index (χ2v) is 3.46. The van der Waals surface area contributed by atoms with E-state index in [4.69, 9.17) is 5.73 Å². The summed E-state index contributed by atoms with van der Waals surface area (Å²) in [6, 6.07) is 0. The first-order chi connectivity index (χ1) is 7.27. The molecule has 1 aromatic heterocycles. The number of fused-ring (bicyclic) bond motifs is 1. The van der Waals surface area contributed by atoms with Gasteiger partial charge in [0.1, 0.15) is 5.82 Å². The Labute approximate surface area is 88.8 Å². The maximum atomic E-state index is 5.84. The fourth-order valence-corrected chi connectivity index (χ4v) is 1.46. The van der Waals surface area contributed by atoms with Gasteiger partial charge in [-0.2, -0.15) is 0 Å². The third-order valence-corrected chi connectivity index (χ3v) is 2.18. The van der Waals surface area contributed by atoms with Crippen molar-refractivity contribution in [3.63, 3.8) is 0 Å². The Bertz CT molecular complexity index is 437. The molecule has 0 bridgehead atoms. The lowest BCUT2D eigenvalue weighted by molar-refractivity contribution is 1.02. The van der Waals surface area contributed by atoms with Crippen LogP contribution in [-0.4, -0.2) is 15.5 Å². The molecule has 0 atom stereocenters. The SMILES string of the molecule is Cc1cn2c(n1)/C=C/CC/C=C/N=C2N. The monoisotopic (exact) mass is 202 g/mol. The summed E-state index contributed by atoms with van der Waals surface area (Å²) in [6.07, 6.45) is 11.7. The molecule has 0 radical (unpaired) electrons. The van der Waals surface area contributed by atoms with Gasteiger partial charge in [0.05, 0.1) is 5.69 Å². The Kier molecular flexibility index (Phi) is 2.67. The molecule has 2 N–H and O–H groups in total. The number of allylic oxidation sites excluding steroid dienone is 2. The summed E-state index contributed by atoms with van der Waals surface area (Å²) in [5.41, 5.74) is 6.78. The van der Waals surface area contributed by atoms with E-state index in [1.54, 1.807) is 10.8 Å². The molecular weight excluding hydrogens is 188 g/mol.